The summed E-state index contributed by atoms with van der Waals surface area (Å²) in [5.74, 6) is 0.432. The van der Waals surface area contributed by atoms with Gasteiger partial charge in [-0.25, -0.2) is 8.42 Å². The number of sulfone groups is 1. The van der Waals surface area contributed by atoms with Crippen molar-refractivity contribution >= 4 is 27.1 Å². The van der Waals surface area contributed by atoms with E-state index < -0.39 is 9.84 Å². The summed E-state index contributed by atoms with van der Waals surface area (Å²) in [5.41, 5.74) is 6.22. The van der Waals surface area contributed by atoms with Gasteiger partial charge in [0, 0.05) is 31.9 Å². The van der Waals surface area contributed by atoms with Crippen LogP contribution >= 0.6 is 0 Å². The first-order chi connectivity index (χ1) is 15.1. The normalized spacial score (nSPS) is 21.1. The molecule has 0 bridgehead atoms. The Kier molecular flexibility index (Phi) is 6.31. The number of nitrogens with zero attached hydrogens (tertiary/aromatic N) is 4. The van der Waals surface area contributed by atoms with Gasteiger partial charge in [-0.3, -0.25) is 14.4 Å². The van der Waals surface area contributed by atoms with Crippen LogP contribution in [0, 0.1) is 27.7 Å². The fraction of sp³-hybridized carbons (Fsp3) is 0.565. The molecule has 0 spiro atoms. The highest BCUT2D eigenvalue weighted by atomic mass is 32.2. The van der Waals surface area contributed by atoms with Crippen molar-refractivity contribution in [3.05, 3.63) is 40.7 Å². The zero-order valence-corrected chi connectivity index (χ0v) is 20.2. The van der Waals surface area contributed by atoms with Gasteiger partial charge in [0.25, 0.3) is 0 Å². The summed E-state index contributed by atoms with van der Waals surface area (Å²) in [7, 11) is -2.95. The Labute approximate surface area is 190 Å². The molecule has 32 heavy (non-hydrogen) atoms. The summed E-state index contributed by atoms with van der Waals surface area (Å²) >= 11 is 0. The van der Waals surface area contributed by atoms with E-state index in [4.69, 9.17) is 5.10 Å². The maximum Gasteiger partial charge on any atom is 0.238 e. The zero-order chi connectivity index (χ0) is 23.0. The van der Waals surface area contributed by atoms with Crippen LogP contribution in [0.15, 0.2) is 18.2 Å². The van der Waals surface area contributed by atoms with Gasteiger partial charge < -0.3 is 10.2 Å². The molecule has 1 amide bonds. The van der Waals surface area contributed by atoms with Crippen molar-refractivity contribution in [1.29, 1.82) is 0 Å². The summed E-state index contributed by atoms with van der Waals surface area (Å²) in [4.78, 5) is 17.1. The van der Waals surface area contributed by atoms with E-state index in [-0.39, 0.29) is 23.5 Å². The number of carbonyl (C=O) groups excluding carboxylic acids is 1. The van der Waals surface area contributed by atoms with E-state index in [0.29, 0.717) is 13.0 Å². The van der Waals surface area contributed by atoms with Crippen molar-refractivity contribution in [3.63, 3.8) is 0 Å². The first-order valence-electron chi connectivity index (χ1n) is 11.2. The number of hydrogen-bond acceptors (Lipinski definition) is 6. The van der Waals surface area contributed by atoms with E-state index in [1.807, 2.05) is 50.6 Å². The fourth-order valence-electron chi connectivity index (χ4n) is 4.84. The quantitative estimate of drug-likeness (QED) is 0.738. The maximum absolute atomic E-state index is 12.6. The molecule has 1 atom stereocenters. The Morgan fingerprint density at radius 3 is 2.50 bits per heavy atom. The first kappa shape index (κ1) is 22.8. The zero-order valence-electron chi connectivity index (χ0n) is 19.4. The van der Waals surface area contributed by atoms with E-state index in [2.05, 4.69) is 15.1 Å². The van der Waals surface area contributed by atoms with Gasteiger partial charge >= 0.3 is 0 Å². The van der Waals surface area contributed by atoms with Crippen molar-refractivity contribution in [2.24, 2.45) is 0 Å². The number of anilines is 2. The lowest BCUT2D eigenvalue weighted by atomic mass is 10.1. The number of amides is 1. The van der Waals surface area contributed by atoms with Crippen molar-refractivity contribution in [2.45, 2.75) is 40.2 Å². The number of aryl methyl sites for hydroxylation is 2. The van der Waals surface area contributed by atoms with Gasteiger partial charge in [0.05, 0.1) is 41.2 Å². The molecular weight excluding hydrogens is 426 g/mol. The van der Waals surface area contributed by atoms with E-state index in [0.717, 1.165) is 60.1 Å². The molecule has 2 saturated heterocycles. The lowest BCUT2D eigenvalue weighted by Gasteiger charge is -2.36. The number of hydrogen-bond donors (Lipinski definition) is 1. The van der Waals surface area contributed by atoms with E-state index in [9.17, 15) is 13.2 Å². The highest BCUT2D eigenvalue weighted by Crippen LogP contribution is 2.31. The van der Waals surface area contributed by atoms with Crippen molar-refractivity contribution in [1.82, 2.24) is 14.7 Å². The molecule has 3 heterocycles. The molecule has 2 aliphatic heterocycles. The molecule has 1 N–H and O–H groups in total. The van der Waals surface area contributed by atoms with Crippen LogP contribution in [-0.4, -0.2) is 73.2 Å². The number of rotatable bonds is 5. The highest BCUT2D eigenvalue weighted by Gasteiger charge is 2.32. The standard InChI is InChI=1S/C23H33N5O3S/c1-16-6-5-7-21(17(16)2)24-22(29)14-26-9-11-27(12-10-26)23-18(3)25-28(19(23)4)20-8-13-32(30,31)15-20/h5-7,20H,8-15H2,1-4H3,(H,24,29). The molecule has 0 aliphatic carbocycles. The number of aromatic nitrogens is 2. The third-order valence-electron chi connectivity index (χ3n) is 6.78. The SMILES string of the molecule is Cc1cccc(NC(=O)CN2CCN(c3c(C)nn(C4CCS(=O)(=O)C4)c3C)CC2)c1C. The summed E-state index contributed by atoms with van der Waals surface area (Å²) in [6.45, 7) is 11.7. The summed E-state index contributed by atoms with van der Waals surface area (Å²) in [6.07, 6.45) is 0.632. The van der Waals surface area contributed by atoms with Gasteiger partial charge in [-0.2, -0.15) is 5.10 Å². The number of carbonyl (C=O) groups is 1. The molecule has 2 fully saturated rings. The van der Waals surface area contributed by atoms with Gasteiger partial charge in [0.2, 0.25) is 5.91 Å². The molecule has 174 valence electrons. The monoisotopic (exact) mass is 459 g/mol. The second-order valence-electron chi connectivity index (χ2n) is 9.08. The molecule has 4 rings (SSSR count). The Morgan fingerprint density at radius 1 is 1.12 bits per heavy atom. The van der Waals surface area contributed by atoms with Crippen LogP contribution in [0.4, 0.5) is 11.4 Å². The number of nitrogens with one attached hydrogen (secondary N) is 1. The van der Waals surface area contributed by atoms with E-state index >= 15 is 0 Å². The molecule has 0 saturated carbocycles. The Balaban J connectivity index is 1.36. The molecular formula is C23H33N5O3S. The van der Waals surface area contributed by atoms with E-state index in [1.165, 1.54) is 0 Å². The summed E-state index contributed by atoms with van der Waals surface area (Å²) in [5, 5.41) is 7.74. The van der Waals surface area contributed by atoms with Crippen LogP contribution in [0.5, 0.6) is 0 Å². The molecule has 1 aromatic carbocycles. The van der Waals surface area contributed by atoms with Crippen LogP contribution in [0.1, 0.15) is 35.0 Å². The van der Waals surface area contributed by atoms with Crippen LogP contribution in [0.25, 0.3) is 0 Å². The molecule has 1 aromatic heterocycles. The first-order valence-corrected chi connectivity index (χ1v) is 13.1. The van der Waals surface area contributed by atoms with Gasteiger partial charge in [-0.15, -0.1) is 0 Å². The Bertz CT molecular complexity index is 1120. The average Bonchev–Trinajstić information content (AvgIpc) is 3.24. The molecule has 2 aliphatic rings. The lowest BCUT2D eigenvalue weighted by molar-refractivity contribution is -0.117. The van der Waals surface area contributed by atoms with Crippen molar-refractivity contribution in [3.8, 4) is 0 Å². The molecule has 1 unspecified atom stereocenters. The molecule has 9 heteroatoms. The smallest absolute Gasteiger partial charge is 0.238 e. The molecule has 8 nitrogen and oxygen atoms in total. The van der Waals surface area contributed by atoms with Crippen LogP contribution in [0.3, 0.4) is 0 Å². The average molecular weight is 460 g/mol. The largest absolute Gasteiger partial charge is 0.366 e. The highest BCUT2D eigenvalue weighted by molar-refractivity contribution is 7.91. The lowest BCUT2D eigenvalue weighted by Crippen LogP contribution is -2.49. The Morgan fingerprint density at radius 2 is 1.84 bits per heavy atom. The van der Waals surface area contributed by atoms with Gasteiger partial charge in [-0.1, -0.05) is 12.1 Å². The predicted molar refractivity (Wildman–Crippen MR) is 127 cm³/mol. The second kappa shape index (κ2) is 8.86. The van der Waals surface area contributed by atoms with Crippen LogP contribution < -0.4 is 10.2 Å². The minimum atomic E-state index is -2.95. The van der Waals surface area contributed by atoms with Gasteiger partial charge in [-0.05, 0) is 51.3 Å². The second-order valence-corrected chi connectivity index (χ2v) is 11.3. The summed E-state index contributed by atoms with van der Waals surface area (Å²) in [6, 6.07) is 5.88. The minimum Gasteiger partial charge on any atom is -0.366 e. The van der Waals surface area contributed by atoms with Crippen molar-refractivity contribution < 1.29 is 13.2 Å². The van der Waals surface area contributed by atoms with Gasteiger partial charge in [0.15, 0.2) is 9.84 Å². The van der Waals surface area contributed by atoms with Crippen molar-refractivity contribution in [2.75, 3.05) is 54.4 Å². The number of piperazine rings is 1. The van der Waals surface area contributed by atoms with E-state index in [1.54, 1.807) is 0 Å². The third kappa shape index (κ3) is 4.68. The van der Waals surface area contributed by atoms with Crippen LogP contribution in [0.2, 0.25) is 0 Å². The predicted octanol–water partition coefficient (Wildman–Crippen LogP) is 2.24. The topological polar surface area (TPSA) is 87.5 Å². The Hall–Kier alpha value is -2.39. The molecule has 0 radical (unpaired) electrons. The number of benzene rings is 1. The third-order valence-corrected chi connectivity index (χ3v) is 8.53. The fourth-order valence-corrected chi connectivity index (χ4v) is 6.54. The van der Waals surface area contributed by atoms with Crippen LogP contribution in [-0.2, 0) is 14.6 Å². The molecule has 2 aromatic rings. The summed E-state index contributed by atoms with van der Waals surface area (Å²) < 4.78 is 25.7. The minimum absolute atomic E-state index is 0.00905. The van der Waals surface area contributed by atoms with Gasteiger partial charge in [0.1, 0.15) is 0 Å². The maximum atomic E-state index is 12.6.